The third-order valence-corrected chi connectivity index (χ3v) is 2.89. The quantitative estimate of drug-likeness (QED) is 0.885. The van der Waals surface area contributed by atoms with Crippen molar-refractivity contribution in [3.63, 3.8) is 0 Å². The van der Waals surface area contributed by atoms with Gasteiger partial charge in [0.2, 0.25) is 0 Å². The van der Waals surface area contributed by atoms with Crippen molar-refractivity contribution in [2.24, 2.45) is 5.41 Å². The molecule has 1 aromatic rings. The topological polar surface area (TPSA) is 48.7 Å². The number of aromatic nitrogens is 1. The Kier molecular flexibility index (Phi) is 4.25. The fraction of sp³-hybridized carbons (Fsp3) is 0.625. The van der Waals surface area contributed by atoms with E-state index in [1.807, 2.05) is 19.9 Å². The van der Waals surface area contributed by atoms with Gasteiger partial charge in [0.25, 0.3) is 0 Å². The monoisotopic (exact) mass is 259 g/mol. The summed E-state index contributed by atoms with van der Waals surface area (Å²) in [5.74, 6) is 0. The van der Waals surface area contributed by atoms with Crippen LogP contribution in [0.3, 0.4) is 0 Å². The van der Waals surface area contributed by atoms with Crippen molar-refractivity contribution in [1.29, 1.82) is 5.26 Å². The number of rotatable bonds is 3. The zero-order chi connectivity index (χ0) is 14.8. The first-order chi connectivity index (χ1) is 8.54. The van der Waals surface area contributed by atoms with Gasteiger partial charge in [-0.3, -0.25) is 4.98 Å². The van der Waals surface area contributed by atoms with Crippen molar-refractivity contribution in [3.8, 4) is 6.07 Å². The molecule has 3 heteroatoms. The summed E-state index contributed by atoms with van der Waals surface area (Å²) in [5, 5.41) is 12.8. The highest BCUT2D eigenvalue weighted by Crippen LogP contribution is 2.31. The van der Waals surface area contributed by atoms with E-state index in [2.05, 4.69) is 51.0 Å². The number of nitriles is 1. The van der Waals surface area contributed by atoms with Gasteiger partial charge in [0.1, 0.15) is 6.07 Å². The lowest BCUT2D eigenvalue weighted by Gasteiger charge is -2.34. The van der Waals surface area contributed by atoms with E-state index < -0.39 is 0 Å². The Morgan fingerprint density at radius 3 is 2.26 bits per heavy atom. The molecule has 1 rings (SSSR count). The van der Waals surface area contributed by atoms with Gasteiger partial charge in [-0.05, 0) is 45.6 Å². The minimum Gasteiger partial charge on any atom is -0.379 e. The Hall–Kier alpha value is -1.56. The van der Waals surface area contributed by atoms with Crippen LogP contribution in [0.1, 0.15) is 58.0 Å². The molecule has 0 radical (unpaired) electrons. The van der Waals surface area contributed by atoms with Crippen LogP contribution >= 0.6 is 0 Å². The molecule has 0 aliphatic heterocycles. The van der Waals surface area contributed by atoms with Gasteiger partial charge in [0, 0.05) is 11.2 Å². The van der Waals surface area contributed by atoms with Gasteiger partial charge in [-0.2, -0.15) is 5.26 Å². The number of nitrogens with zero attached hydrogens (tertiary/aromatic N) is 2. The zero-order valence-electron chi connectivity index (χ0n) is 13.2. The van der Waals surface area contributed by atoms with Gasteiger partial charge < -0.3 is 5.32 Å². The number of pyridine rings is 1. The number of hydrogen-bond donors (Lipinski definition) is 1. The maximum Gasteiger partial charge on any atom is 0.103 e. The number of aryl methyl sites for hydroxylation is 2. The second-order valence-electron chi connectivity index (χ2n) is 7.13. The van der Waals surface area contributed by atoms with Crippen LogP contribution in [0.5, 0.6) is 0 Å². The lowest BCUT2D eigenvalue weighted by molar-refractivity contribution is 0.302. The van der Waals surface area contributed by atoms with E-state index in [1.165, 1.54) is 0 Å². The van der Waals surface area contributed by atoms with Gasteiger partial charge in [-0.1, -0.05) is 20.8 Å². The molecule has 1 aromatic heterocycles. The van der Waals surface area contributed by atoms with E-state index in [0.29, 0.717) is 5.56 Å². The molecule has 0 aliphatic carbocycles. The molecule has 0 saturated carbocycles. The van der Waals surface area contributed by atoms with Crippen LogP contribution in [0.4, 0.5) is 5.69 Å². The van der Waals surface area contributed by atoms with E-state index in [0.717, 1.165) is 23.5 Å². The Morgan fingerprint density at radius 2 is 1.79 bits per heavy atom. The van der Waals surface area contributed by atoms with Gasteiger partial charge in [0.15, 0.2) is 0 Å². The van der Waals surface area contributed by atoms with Crippen LogP contribution in [0, 0.1) is 30.6 Å². The average molecular weight is 259 g/mol. The average Bonchev–Trinajstić information content (AvgIpc) is 2.11. The summed E-state index contributed by atoms with van der Waals surface area (Å²) >= 11 is 0. The molecule has 3 nitrogen and oxygen atoms in total. The fourth-order valence-corrected chi connectivity index (χ4v) is 2.80. The van der Waals surface area contributed by atoms with Gasteiger partial charge >= 0.3 is 0 Å². The van der Waals surface area contributed by atoms with Gasteiger partial charge in [0.05, 0.1) is 16.9 Å². The largest absolute Gasteiger partial charge is 0.379 e. The van der Waals surface area contributed by atoms with Gasteiger partial charge in [-0.15, -0.1) is 0 Å². The minimum absolute atomic E-state index is 0.0654. The molecular formula is C16H25N3. The SMILES string of the molecule is Cc1cc(NC(C)(C)CC(C)(C)C)c(C#N)c(C)n1. The standard InChI is InChI=1S/C16H25N3/c1-11-8-14(13(9-17)12(2)18-11)19-16(6,7)10-15(3,4)5/h8H,10H2,1-7H3,(H,18,19). The lowest BCUT2D eigenvalue weighted by Crippen LogP contribution is -2.35. The third-order valence-electron chi connectivity index (χ3n) is 2.89. The summed E-state index contributed by atoms with van der Waals surface area (Å²) in [4.78, 5) is 4.35. The van der Waals surface area contributed by atoms with Crippen LogP contribution in [0.2, 0.25) is 0 Å². The molecule has 0 fully saturated rings. The molecule has 0 atom stereocenters. The van der Waals surface area contributed by atoms with Crippen molar-refractivity contribution < 1.29 is 0 Å². The lowest BCUT2D eigenvalue weighted by atomic mass is 9.81. The van der Waals surface area contributed by atoms with Gasteiger partial charge in [-0.25, -0.2) is 0 Å². The highest BCUT2D eigenvalue weighted by atomic mass is 15.0. The molecule has 0 spiro atoms. The van der Waals surface area contributed by atoms with Crippen molar-refractivity contribution in [2.45, 2.75) is 60.4 Å². The van der Waals surface area contributed by atoms with Crippen LogP contribution in [-0.4, -0.2) is 10.5 Å². The van der Waals surface area contributed by atoms with Crippen LogP contribution in [0.25, 0.3) is 0 Å². The van der Waals surface area contributed by atoms with E-state index in [-0.39, 0.29) is 11.0 Å². The summed E-state index contributed by atoms with van der Waals surface area (Å²) in [7, 11) is 0. The van der Waals surface area contributed by atoms with E-state index in [4.69, 9.17) is 0 Å². The Labute approximate surface area is 117 Å². The van der Waals surface area contributed by atoms with Crippen LogP contribution < -0.4 is 5.32 Å². The molecule has 0 unspecified atom stereocenters. The van der Waals surface area contributed by atoms with Crippen molar-refractivity contribution in [2.75, 3.05) is 5.32 Å². The predicted molar refractivity (Wildman–Crippen MR) is 80.2 cm³/mol. The Morgan fingerprint density at radius 1 is 1.21 bits per heavy atom. The number of hydrogen-bond acceptors (Lipinski definition) is 3. The molecule has 1 heterocycles. The summed E-state index contributed by atoms with van der Waals surface area (Å²) in [6, 6.07) is 4.21. The third kappa shape index (κ3) is 4.55. The fourth-order valence-electron chi connectivity index (χ4n) is 2.80. The van der Waals surface area contributed by atoms with Crippen molar-refractivity contribution >= 4 is 5.69 Å². The Bertz CT molecular complexity index is 502. The van der Waals surface area contributed by atoms with E-state index in [1.54, 1.807) is 0 Å². The smallest absolute Gasteiger partial charge is 0.103 e. The maximum absolute atomic E-state index is 9.29. The minimum atomic E-state index is -0.0654. The molecule has 104 valence electrons. The highest BCUT2D eigenvalue weighted by Gasteiger charge is 2.26. The molecular weight excluding hydrogens is 234 g/mol. The molecule has 1 N–H and O–H groups in total. The first-order valence-electron chi connectivity index (χ1n) is 6.71. The van der Waals surface area contributed by atoms with E-state index >= 15 is 0 Å². The number of anilines is 1. The summed E-state index contributed by atoms with van der Waals surface area (Å²) in [6.07, 6.45) is 1.02. The molecule has 19 heavy (non-hydrogen) atoms. The zero-order valence-corrected chi connectivity index (χ0v) is 13.2. The van der Waals surface area contributed by atoms with Crippen LogP contribution in [0.15, 0.2) is 6.07 Å². The second kappa shape index (κ2) is 5.21. The summed E-state index contributed by atoms with van der Waals surface area (Å²) in [6.45, 7) is 14.9. The Balaban J connectivity index is 3.09. The molecule has 0 saturated heterocycles. The molecule has 0 aromatic carbocycles. The van der Waals surface area contributed by atoms with Crippen molar-refractivity contribution in [1.82, 2.24) is 4.98 Å². The maximum atomic E-state index is 9.29. The molecule has 0 aliphatic rings. The number of nitrogens with one attached hydrogen (secondary N) is 1. The molecule has 0 amide bonds. The summed E-state index contributed by atoms with van der Waals surface area (Å²) in [5.41, 5.74) is 3.43. The van der Waals surface area contributed by atoms with Crippen LogP contribution in [-0.2, 0) is 0 Å². The predicted octanol–water partition coefficient (Wildman–Crippen LogP) is 4.20. The molecule has 0 bridgehead atoms. The second-order valence-corrected chi connectivity index (χ2v) is 7.13. The normalized spacial score (nSPS) is 12.1. The first-order valence-corrected chi connectivity index (χ1v) is 6.71. The summed E-state index contributed by atoms with van der Waals surface area (Å²) < 4.78 is 0. The van der Waals surface area contributed by atoms with Crippen molar-refractivity contribution in [3.05, 3.63) is 23.0 Å². The first kappa shape index (κ1) is 15.5. The highest BCUT2D eigenvalue weighted by molar-refractivity contribution is 5.60. The van der Waals surface area contributed by atoms with E-state index in [9.17, 15) is 5.26 Å².